The minimum absolute atomic E-state index is 0.880. The summed E-state index contributed by atoms with van der Waals surface area (Å²) in [7, 11) is 0. The van der Waals surface area contributed by atoms with Gasteiger partial charge in [-0.15, -0.1) is 11.3 Å². The second-order valence-electron chi connectivity index (χ2n) is 12.9. The average molecular weight is 657 g/mol. The summed E-state index contributed by atoms with van der Waals surface area (Å²) in [6, 6.07) is 61.3. The number of hydrogen-bond donors (Lipinski definition) is 0. The maximum absolute atomic E-state index is 6.42. The standard InChI is InChI=1S/C46H28N2OS/c1-2-11-30(12-3-1)48-41-25-21-31(26-40(41)39-22-18-29-10-4-5-13-34(29)46(39)48)47(32-19-23-36-35-14-6-8-16-42(35)49-43(36)27-32)33-20-24-38-37-15-7-9-17-44(37)50-45(38)28-33/h1-28H. The molecule has 0 radical (unpaired) electrons. The maximum Gasteiger partial charge on any atom is 0.137 e. The quantitative estimate of drug-likeness (QED) is 0.188. The van der Waals surface area contributed by atoms with Gasteiger partial charge in [0.05, 0.1) is 11.0 Å². The van der Waals surface area contributed by atoms with E-state index in [1.54, 1.807) is 0 Å². The second-order valence-corrected chi connectivity index (χ2v) is 14.0. The van der Waals surface area contributed by atoms with Gasteiger partial charge in [-0.05, 0) is 72.1 Å². The summed E-state index contributed by atoms with van der Waals surface area (Å²) >= 11 is 1.85. The summed E-state index contributed by atoms with van der Waals surface area (Å²) in [6.45, 7) is 0. The molecule has 0 unspecified atom stereocenters. The van der Waals surface area contributed by atoms with Gasteiger partial charge < -0.3 is 13.9 Å². The first-order chi connectivity index (χ1) is 24.8. The molecule has 11 aromatic rings. The number of fused-ring (bicyclic) bond motifs is 11. The third kappa shape index (κ3) is 4.03. The van der Waals surface area contributed by atoms with Gasteiger partial charge in [0.25, 0.3) is 0 Å². The Bertz CT molecular complexity index is 3000. The van der Waals surface area contributed by atoms with Crippen LogP contribution in [-0.4, -0.2) is 4.57 Å². The number of aromatic nitrogens is 1. The molecule has 3 nitrogen and oxygen atoms in total. The first-order valence-corrected chi connectivity index (χ1v) is 17.7. The van der Waals surface area contributed by atoms with E-state index >= 15 is 0 Å². The normalized spacial score (nSPS) is 12.0. The van der Waals surface area contributed by atoms with E-state index in [2.05, 4.69) is 167 Å². The van der Waals surface area contributed by atoms with E-state index in [-0.39, 0.29) is 0 Å². The van der Waals surface area contributed by atoms with Gasteiger partial charge in [0.2, 0.25) is 0 Å². The van der Waals surface area contributed by atoms with Gasteiger partial charge >= 0.3 is 0 Å². The Morgan fingerprint density at radius 1 is 0.420 bits per heavy atom. The summed E-state index contributed by atoms with van der Waals surface area (Å²) in [5, 5.41) is 9.77. The lowest BCUT2D eigenvalue weighted by molar-refractivity contribution is 0.669. The van der Waals surface area contributed by atoms with Gasteiger partial charge in [-0.25, -0.2) is 0 Å². The number of hydrogen-bond acceptors (Lipinski definition) is 3. The van der Waals surface area contributed by atoms with Crippen molar-refractivity contribution in [3.05, 3.63) is 170 Å². The van der Waals surface area contributed by atoms with Crippen LogP contribution in [0.4, 0.5) is 17.1 Å². The molecular formula is C46H28N2OS. The number of anilines is 3. The highest BCUT2D eigenvalue weighted by atomic mass is 32.1. The van der Waals surface area contributed by atoms with Crippen LogP contribution in [0.1, 0.15) is 0 Å². The number of furan rings is 1. The smallest absolute Gasteiger partial charge is 0.137 e. The zero-order valence-corrected chi connectivity index (χ0v) is 27.7. The first-order valence-electron chi connectivity index (χ1n) is 16.9. The van der Waals surface area contributed by atoms with Crippen molar-refractivity contribution < 1.29 is 4.42 Å². The molecule has 0 aliphatic heterocycles. The molecule has 3 aromatic heterocycles. The van der Waals surface area contributed by atoms with E-state index in [4.69, 9.17) is 4.42 Å². The van der Waals surface area contributed by atoms with Gasteiger partial charge in [0.15, 0.2) is 0 Å². The van der Waals surface area contributed by atoms with Crippen LogP contribution in [0.25, 0.3) is 80.4 Å². The van der Waals surface area contributed by atoms with Crippen LogP contribution >= 0.6 is 11.3 Å². The SMILES string of the molecule is c1ccc(-n2c3ccc(N(c4ccc5c(c4)oc4ccccc45)c4ccc5c(c4)sc4ccccc45)cc3c3ccc4ccccc4c32)cc1. The minimum Gasteiger partial charge on any atom is -0.456 e. The molecule has 0 saturated carbocycles. The second kappa shape index (κ2) is 10.6. The van der Waals surface area contributed by atoms with Crippen LogP contribution in [-0.2, 0) is 0 Å². The molecule has 3 heterocycles. The van der Waals surface area contributed by atoms with Gasteiger partial charge in [-0.2, -0.15) is 0 Å². The van der Waals surface area contributed by atoms with Crippen LogP contribution in [0, 0.1) is 0 Å². The highest BCUT2D eigenvalue weighted by Crippen LogP contribution is 2.44. The molecule has 8 aromatic carbocycles. The number of thiophene rings is 1. The predicted molar refractivity (Wildman–Crippen MR) is 213 cm³/mol. The lowest BCUT2D eigenvalue weighted by Gasteiger charge is -2.26. The fraction of sp³-hybridized carbons (Fsp3) is 0. The fourth-order valence-corrected chi connectivity index (χ4v) is 9.05. The Morgan fingerprint density at radius 3 is 1.96 bits per heavy atom. The molecule has 0 N–H and O–H groups in total. The maximum atomic E-state index is 6.42. The molecule has 234 valence electrons. The fourth-order valence-electron chi connectivity index (χ4n) is 7.91. The molecule has 0 aliphatic rings. The van der Waals surface area contributed by atoms with E-state index < -0.39 is 0 Å². The van der Waals surface area contributed by atoms with Crippen LogP contribution in [0.5, 0.6) is 0 Å². The number of nitrogens with zero attached hydrogens (tertiary/aromatic N) is 2. The van der Waals surface area contributed by atoms with Crippen molar-refractivity contribution >= 4 is 103 Å². The largest absolute Gasteiger partial charge is 0.456 e. The Balaban J connectivity index is 1.19. The van der Waals surface area contributed by atoms with Crippen LogP contribution in [0.3, 0.4) is 0 Å². The van der Waals surface area contributed by atoms with E-state index in [1.807, 2.05) is 23.5 Å². The number of rotatable bonds is 4. The molecule has 0 amide bonds. The molecular weight excluding hydrogens is 629 g/mol. The number of para-hydroxylation sites is 2. The molecule has 0 atom stereocenters. The minimum atomic E-state index is 0.880. The lowest BCUT2D eigenvalue weighted by Crippen LogP contribution is -2.09. The van der Waals surface area contributed by atoms with Crippen molar-refractivity contribution in [2.24, 2.45) is 0 Å². The third-order valence-corrected chi connectivity index (χ3v) is 11.3. The van der Waals surface area contributed by atoms with E-state index in [9.17, 15) is 0 Å². The van der Waals surface area contributed by atoms with Gasteiger partial charge in [-0.3, -0.25) is 0 Å². The zero-order chi connectivity index (χ0) is 32.8. The van der Waals surface area contributed by atoms with Crippen LogP contribution in [0.15, 0.2) is 174 Å². The summed E-state index contributed by atoms with van der Waals surface area (Å²) in [5.41, 5.74) is 8.59. The van der Waals surface area contributed by atoms with Crippen molar-refractivity contribution in [1.82, 2.24) is 4.57 Å². The highest BCUT2D eigenvalue weighted by molar-refractivity contribution is 7.25. The Kier molecular flexibility index (Phi) is 5.83. The topological polar surface area (TPSA) is 21.3 Å². The van der Waals surface area contributed by atoms with Crippen LogP contribution in [0.2, 0.25) is 0 Å². The molecule has 11 rings (SSSR count). The van der Waals surface area contributed by atoms with Crippen molar-refractivity contribution in [2.75, 3.05) is 4.90 Å². The molecule has 0 fully saturated rings. The van der Waals surface area contributed by atoms with Crippen molar-refractivity contribution in [3.8, 4) is 5.69 Å². The Morgan fingerprint density at radius 2 is 1.06 bits per heavy atom. The van der Waals surface area contributed by atoms with E-state index in [1.165, 1.54) is 52.8 Å². The van der Waals surface area contributed by atoms with E-state index in [0.29, 0.717) is 0 Å². The lowest BCUT2D eigenvalue weighted by atomic mass is 10.0. The summed E-state index contributed by atoms with van der Waals surface area (Å²) in [5.74, 6) is 0. The summed E-state index contributed by atoms with van der Waals surface area (Å²) < 4.78 is 11.4. The summed E-state index contributed by atoms with van der Waals surface area (Å²) in [6.07, 6.45) is 0. The van der Waals surface area contributed by atoms with Gasteiger partial charge in [-0.1, -0.05) is 97.1 Å². The van der Waals surface area contributed by atoms with E-state index in [0.717, 1.165) is 44.7 Å². The molecule has 0 saturated heterocycles. The van der Waals surface area contributed by atoms with Crippen molar-refractivity contribution in [1.29, 1.82) is 0 Å². The molecule has 4 heteroatoms. The molecule has 0 bridgehead atoms. The molecule has 0 spiro atoms. The first kappa shape index (κ1) is 27.6. The van der Waals surface area contributed by atoms with Crippen molar-refractivity contribution in [2.45, 2.75) is 0 Å². The highest BCUT2D eigenvalue weighted by Gasteiger charge is 2.20. The monoisotopic (exact) mass is 656 g/mol. The van der Waals surface area contributed by atoms with Crippen molar-refractivity contribution in [3.63, 3.8) is 0 Å². The molecule has 50 heavy (non-hydrogen) atoms. The third-order valence-electron chi connectivity index (χ3n) is 10.1. The summed E-state index contributed by atoms with van der Waals surface area (Å²) in [4.78, 5) is 2.38. The van der Waals surface area contributed by atoms with Crippen LogP contribution < -0.4 is 4.90 Å². The predicted octanol–water partition coefficient (Wildman–Crippen LogP) is 13.7. The van der Waals surface area contributed by atoms with Gasteiger partial charge in [0.1, 0.15) is 11.2 Å². The Hall–Kier alpha value is -6.36. The number of benzene rings is 8. The zero-order valence-electron chi connectivity index (χ0n) is 26.9. The average Bonchev–Trinajstić information content (AvgIpc) is 3.84. The molecule has 0 aliphatic carbocycles. The van der Waals surface area contributed by atoms with Gasteiger partial charge in [0, 0.05) is 75.9 Å². The Labute approximate surface area is 291 Å².